The van der Waals surface area contributed by atoms with E-state index in [0.29, 0.717) is 13.0 Å². The van der Waals surface area contributed by atoms with Gasteiger partial charge >= 0.3 is 5.97 Å². The lowest BCUT2D eigenvalue weighted by Gasteiger charge is -2.25. The minimum absolute atomic E-state index is 0.198. The third-order valence-electron chi connectivity index (χ3n) is 2.64. The zero-order chi connectivity index (χ0) is 12.9. The third kappa shape index (κ3) is 3.46. The molecule has 0 spiro atoms. The van der Waals surface area contributed by atoms with E-state index in [1.807, 2.05) is 0 Å². The summed E-state index contributed by atoms with van der Waals surface area (Å²) in [4.78, 5) is 11.8. The van der Waals surface area contributed by atoms with Crippen LogP contribution in [0.25, 0.3) is 0 Å². The van der Waals surface area contributed by atoms with Gasteiger partial charge in [-0.1, -0.05) is 12.1 Å². The van der Waals surface area contributed by atoms with Crippen molar-refractivity contribution in [3.63, 3.8) is 0 Å². The average Bonchev–Trinajstić information content (AvgIpc) is 2.32. The van der Waals surface area contributed by atoms with Gasteiger partial charge in [-0.05, 0) is 31.5 Å². The Morgan fingerprint density at radius 2 is 1.94 bits per heavy atom. The van der Waals surface area contributed by atoms with Gasteiger partial charge in [0.15, 0.2) is 5.60 Å². The highest BCUT2D eigenvalue weighted by molar-refractivity contribution is 5.79. The van der Waals surface area contributed by atoms with Crippen molar-refractivity contribution in [3.05, 3.63) is 29.8 Å². The summed E-state index contributed by atoms with van der Waals surface area (Å²) in [5.41, 5.74) is -0.0901. The van der Waals surface area contributed by atoms with Gasteiger partial charge in [0.2, 0.25) is 0 Å². The van der Waals surface area contributed by atoms with Crippen LogP contribution in [0.4, 0.5) is 0 Å². The molecule has 0 bridgehead atoms. The van der Waals surface area contributed by atoms with Gasteiger partial charge in [0, 0.05) is 13.5 Å². The molecule has 0 aliphatic heterocycles. The fourth-order valence-electron chi connectivity index (χ4n) is 1.51. The molecule has 0 amide bonds. The molecule has 0 aromatic heterocycles. The number of ether oxygens (including phenoxy) is 2. The van der Waals surface area contributed by atoms with Gasteiger partial charge < -0.3 is 14.6 Å². The van der Waals surface area contributed by atoms with E-state index in [1.54, 1.807) is 38.1 Å². The summed E-state index contributed by atoms with van der Waals surface area (Å²) in [5.74, 6) is -0.181. The van der Waals surface area contributed by atoms with Gasteiger partial charge in [-0.15, -0.1) is 0 Å². The first-order valence-corrected chi connectivity index (χ1v) is 5.52. The molecule has 1 aromatic rings. The molecule has 0 saturated heterocycles. The zero-order valence-electron chi connectivity index (χ0n) is 10.4. The van der Waals surface area contributed by atoms with E-state index in [9.17, 15) is 9.90 Å². The Hall–Kier alpha value is -1.55. The number of esters is 1. The quantitative estimate of drug-likeness (QED) is 0.796. The van der Waals surface area contributed by atoms with Crippen molar-refractivity contribution in [1.82, 2.24) is 0 Å². The third-order valence-corrected chi connectivity index (χ3v) is 2.64. The lowest BCUT2D eigenvalue weighted by atomic mass is 9.96. The topological polar surface area (TPSA) is 55.8 Å². The van der Waals surface area contributed by atoms with Crippen molar-refractivity contribution < 1.29 is 19.4 Å². The Bertz CT molecular complexity index is 372. The standard InChI is InChI=1S/C13H18O4/c1-4-17-12(15)13(2,16-3)9-10-5-7-11(14)8-6-10/h5-8,14H,4,9H2,1-3H3. The number of hydrogen-bond donors (Lipinski definition) is 1. The maximum atomic E-state index is 11.8. The van der Waals surface area contributed by atoms with Crippen molar-refractivity contribution in [2.24, 2.45) is 0 Å². The first-order valence-electron chi connectivity index (χ1n) is 5.52. The van der Waals surface area contributed by atoms with Crippen LogP contribution >= 0.6 is 0 Å². The van der Waals surface area contributed by atoms with E-state index in [-0.39, 0.29) is 11.7 Å². The summed E-state index contributed by atoms with van der Waals surface area (Å²) >= 11 is 0. The van der Waals surface area contributed by atoms with Gasteiger partial charge in [-0.3, -0.25) is 0 Å². The first kappa shape index (κ1) is 13.5. The van der Waals surface area contributed by atoms with Gasteiger partial charge in [0.1, 0.15) is 5.75 Å². The second kappa shape index (κ2) is 5.68. The van der Waals surface area contributed by atoms with Crippen molar-refractivity contribution >= 4 is 5.97 Å². The molecule has 0 radical (unpaired) electrons. The Morgan fingerprint density at radius 1 is 1.35 bits per heavy atom. The van der Waals surface area contributed by atoms with Crippen LogP contribution < -0.4 is 0 Å². The van der Waals surface area contributed by atoms with Crippen LogP contribution in [0.2, 0.25) is 0 Å². The van der Waals surface area contributed by atoms with Crippen LogP contribution in [-0.4, -0.2) is 30.4 Å². The van der Waals surface area contributed by atoms with Crippen LogP contribution in [0, 0.1) is 0 Å². The molecule has 1 N–H and O–H groups in total. The number of rotatable bonds is 5. The van der Waals surface area contributed by atoms with Gasteiger partial charge in [-0.25, -0.2) is 4.79 Å². The molecule has 0 saturated carbocycles. The molecular formula is C13H18O4. The number of hydrogen-bond acceptors (Lipinski definition) is 4. The zero-order valence-corrected chi connectivity index (χ0v) is 10.4. The van der Waals surface area contributed by atoms with Gasteiger partial charge in [0.05, 0.1) is 6.61 Å². The number of phenols is 1. The number of methoxy groups -OCH3 is 1. The monoisotopic (exact) mass is 238 g/mol. The Balaban J connectivity index is 2.81. The largest absolute Gasteiger partial charge is 0.508 e. The summed E-state index contributed by atoms with van der Waals surface area (Å²) < 4.78 is 10.2. The summed E-state index contributed by atoms with van der Waals surface area (Å²) in [6.07, 6.45) is 0.405. The van der Waals surface area contributed by atoms with E-state index in [2.05, 4.69) is 0 Å². The van der Waals surface area contributed by atoms with Crippen LogP contribution in [-0.2, 0) is 20.7 Å². The molecule has 1 rings (SSSR count). The molecule has 0 heterocycles. The minimum atomic E-state index is -0.993. The second-order valence-corrected chi connectivity index (χ2v) is 4.00. The highest BCUT2D eigenvalue weighted by atomic mass is 16.6. The second-order valence-electron chi connectivity index (χ2n) is 4.00. The molecule has 1 unspecified atom stereocenters. The smallest absolute Gasteiger partial charge is 0.338 e. The number of benzene rings is 1. The minimum Gasteiger partial charge on any atom is -0.508 e. The van der Waals surface area contributed by atoms with Crippen molar-refractivity contribution in [1.29, 1.82) is 0 Å². The van der Waals surface area contributed by atoms with Crippen molar-refractivity contribution in [3.8, 4) is 5.75 Å². The number of carbonyl (C=O) groups excluding carboxylic acids is 1. The molecule has 0 fully saturated rings. The molecule has 0 aliphatic carbocycles. The van der Waals surface area contributed by atoms with E-state index in [4.69, 9.17) is 9.47 Å². The molecule has 1 aromatic carbocycles. The molecule has 1 atom stereocenters. The van der Waals surface area contributed by atoms with E-state index in [1.165, 1.54) is 7.11 Å². The fourth-order valence-corrected chi connectivity index (χ4v) is 1.51. The number of phenolic OH excluding ortho intramolecular Hbond substituents is 1. The maximum absolute atomic E-state index is 11.8. The Kier molecular flexibility index (Phi) is 4.52. The van der Waals surface area contributed by atoms with Crippen LogP contribution in [0.15, 0.2) is 24.3 Å². The van der Waals surface area contributed by atoms with E-state index < -0.39 is 5.60 Å². The normalized spacial score (nSPS) is 14.1. The summed E-state index contributed by atoms with van der Waals surface area (Å²) in [5, 5.41) is 9.18. The van der Waals surface area contributed by atoms with E-state index >= 15 is 0 Å². The van der Waals surface area contributed by atoms with Crippen LogP contribution in [0.1, 0.15) is 19.4 Å². The highest BCUT2D eigenvalue weighted by Crippen LogP contribution is 2.20. The van der Waals surface area contributed by atoms with Crippen molar-refractivity contribution in [2.45, 2.75) is 25.9 Å². The number of aromatic hydroxyl groups is 1. The first-order chi connectivity index (χ1) is 8.01. The Morgan fingerprint density at radius 3 is 2.41 bits per heavy atom. The number of carbonyl (C=O) groups is 1. The van der Waals surface area contributed by atoms with Gasteiger partial charge in [0.25, 0.3) is 0 Å². The van der Waals surface area contributed by atoms with Crippen molar-refractivity contribution in [2.75, 3.05) is 13.7 Å². The molecule has 94 valence electrons. The predicted octanol–water partition coefficient (Wildman–Crippen LogP) is 1.90. The lowest BCUT2D eigenvalue weighted by molar-refractivity contribution is -0.166. The molecule has 17 heavy (non-hydrogen) atoms. The Labute approximate surface area is 101 Å². The summed E-state index contributed by atoms with van der Waals surface area (Å²) in [7, 11) is 1.48. The lowest BCUT2D eigenvalue weighted by Crippen LogP contribution is -2.41. The SMILES string of the molecule is CCOC(=O)C(C)(Cc1ccc(O)cc1)OC. The summed E-state index contributed by atoms with van der Waals surface area (Å²) in [6.45, 7) is 3.78. The average molecular weight is 238 g/mol. The molecule has 0 aliphatic rings. The van der Waals surface area contributed by atoms with Crippen LogP contribution in [0.5, 0.6) is 5.75 Å². The van der Waals surface area contributed by atoms with Gasteiger partial charge in [-0.2, -0.15) is 0 Å². The highest BCUT2D eigenvalue weighted by Gasteiger charge is 2.34. The van der Waals surface area contributed by atoms with Crippen LogP contribution in [0.3, 0.4) is 0 Å². The molecule has 4 nitrogen and oxygen atoms in total. The molecule has 4 heteroatoms. The predicted molar refractivity (Wildman–Crippen MR) is 63.9 cm³/mol. The maximum Gasteiger partial charge on any atom is 0.338 e. The van der Waals surface area contributed by atoms with E-state index in [0.717, 1.165) is 5.56 Å². The summed E-state index contributed by atoms with van der Waals surface area (Å²) in [6, 6.07) is 6.67. The fraction of sp³-hybridized carbons (Fsp3) is 0.462. The molecular weight excluding hydrogens is 220 g/mol.